The molecule has 1 aromatic carbocycles. The third kappa shape index (κ3) is 2.79. The number of carbonyl (C=O) groups excluding carboxylic acids is 1. The zero-order valence-corrected chi connectivity index (χ0v) is 11.1. The lowest BCUT2D eigenvalue weighted by Gasteiger charge is -2.08. The monoisotopic (exact) mass is 285 g/mol. The normalized spacial score (nSPS) is 11.8. The van der Waals surface area contributed by atoms with Crippen LogP contribution in [0.1, 0.15) is 23.2 Å². The number of aromatic nitrogens is 1. The summed E-state index contributed by atoms with van der Waals surface area (Å²) in [6.45, 7) is 1.81. The molecule has 0 atom stereocenters. The number of fused-ring (bicyclic) bond motifs is 1. The Bertz CT molecular complexity index is 644. The van der Waals surface area contributed by atoms with E-state index in [0.29, 0.717) is 10.9 Å². The highest BCUT2D eigenvalue weighted by Crippen LogP contribution is 2.36. The number of benzene rings is 1. The van der Waals surface area contributed by atoms with Crippen LogP contribution in [0.25, 0.3) is 10.9 Å². The number of ether oxygens (including phenoxy) is 1. The summed E-state index contributed by atoms with van der Waals surface area (Å²) in [5.41, 5.74) is 0.607. The fourth-order valence-corrected chi connectivity index (χ4v) is 2.19. The highest BCUT2D eigenvalue weighted by atomic mass is 19.4. The fourth-order valence-electron chi connectivity index (χ4n) is 2.19. The molecule has 0 aliphatic heterocycles. The maximum absolute atomic E-state index is 13.0. The number of alkyl halides is 3. The molecule has 108 valence electrons. The van der Waals surface area contributed by atoms with Gasteiger partial charge in [-0.2, -0.15) is 13.2 Å². The van der Waals surface area contributed by atoms with Crippen molar-refractivity contribution in [2.45, 2.75) is 25.9 Å². The van der Waals surface area contributed by atoms with Crippen molar-refractivity contribution in [1.29, 1.82) is 0 Å². The minimum Gasteiger partial charge on any atom is -0.469 e. The van der Waals surface area contributed by atoms with Crippen LogP contribution in [0.3, 0.4) is 0 Å². The first-order valence-corrected chi connectivity index (χ1v) is 6.08. The van der Waals surface area contributed by atoms with Crippen LogP contribution in [0.2, 0.25) is 0 Å². The second kappa shape index (κ2) is 5.19. The molecule has 2 aromatic rings. The largest absolute Gasteiger partial charge is 0.469 e. The minimum absolute atomic E-state index is 0.00896. The lowest BCUT2D eigenvalue weighted by molar-refractivity contribution is -0.143. The summed E-state index contributed by atoms with van der Waals surface area (Å²) in [6, 6.07) is 5.04. The Morgan fingerprint density at radius 1 is 1.35 bits per heavy atom. The average molecular weight is 285 g/mol. The van der Waals surface area contributed by atoms with Crippen LogP contribution >= 0.6 is 0 Å². The van der Waals surface area contributed by atoms with E-state index in [-0.39, 0.29) is 18.4 Å². The van der Waals surface area contributed by atoms with Gasteiger partial charge in [0.05, 0.1) is 7.11 Å². The molecule has 1 heterocycles. The number of hydrogen-bond acceptors (Lipinski definition) is 2. The number of esters is 1. The summed E-state index contributed by atoms with van der Waals surface area (Å²) in [6.07, 6.45) is -4.57. The molecule has 1 N–H and O–H groups in total. The number of carbonyl (C=O) groups is 1. The number of methoxy groups -OCH3 is 1. The molecular weight excluding hydrogens is 271 g/mol. The van der Waals surface area contributed by atoms with Gasteiger partial charge in [-0.1, -0.05) is 11.6 Å². The van der Waals surface area contributed by atoms with E-state index in [1.807, 2.05) is 6.92 Å². The van der Waals surface area contributed by atoms with E-state index in [2.05, 4.69) is 9.72 Å². The fraction of sp³-hybridized carbons (Fsp3) is 0.357. The second-order valence-electron chi connectivity index (χ2n) is 4.60. The first kappa shape index (κ1) is 14.4. The third-order valence-corrected chi connectivity index (χ3v) is 3.15. The molecule has 0 amide bonds. The van der Waals surface area contributed by atoms with Gasteiger partial charge in [0.1, 0.15) is 5.69 Å². The molecule has 0 aliphatic carbocycles. The molecule has 3 nitrogen and oxygen atoms in total. The third-order valence-electron chi connectivity index (χ3n) is 3.15. The van der Waals surface area contributed by atoms with Crippen molar-refractivity contribution in [3.8, 4) is 0 Å². The Balaban J connectivity index is 2.51. The van der Waals surface area contributed by atoms with E-state index in [0.717, 1.165) is 5.56 Å². The number of nitrogens with one attached hydrogen (secondary N) is 1. The molecule has 6 heteroatoms. The second-order valence-corrected chi connectivity index (χ2v) is 4.60. The maximum atomic E-state index is 13.0. The van der Waals surface area contributed by atoms with Crippen molar-refractivity contribution < 1.29 is 22.7 Å². The average Bonchev–Trinajstić information content (AvgIpc) is 2.73. The van der Waals surface area contributed by atoms with E-state index < -0.39 is 17.8 Å². The van der Waals surface area contributed by atoms with Gasteiger partial charge in [0.15, 0.2) is 0 Å². The van der Waals surface area contributed by atoms with Gasteiger partial charge in [0.25, 0.3) is 0 Å². The molecule has 0 bridgehead atoms. The summed E-state index contributed by atoms with van der Waals surface area (Å²) in [7, 11) is 1.21. The Kier molecular flexibility index (Phi) is 3.74. The van der Waals surface area contributed by atoms with Crippen LogP contribution in [0.15, 0.2) is 18.2 Å². The van der Waals surface area contributed by atoms with Gasteiger partial charge in [0.2, 0.25) is 0 Å². The number of aryl methyl sites for hydroxylation is 2. The van der Waals surface area contributed by atoms with Crippen LogP contribution in [-0.2, 0) is 22.1 Å². The molecule has 0 unspecified atom stereocenters. The molecule has 0 saturated heterocycles. The Labute approximate surface area is 113 Å². The Morgan fingerprint density at radius 3 is 2.65 bits per heavy atom. The molecule has 0 aliphatic rings. The quantitative estimate of drug-likeness (QED) is 0.875. The molecule has 0 spiro atoms. The molecule has 0 radical (unpaired) electrons. The number of hydrogen-bond donors (Lipinski definition) is 1. The van der Waals surface area contributed by atoms with Crippen molar-refractivity contribution in [2.75, 3.05) is 7.11 Å². The summed E-state index contributed by atoms with van der Waals surface area (Å²) in [5.74, 6) is -0.528. The van der Waals surface area contributed by atoms with Crippen molar-refractivity contribution in [3.05, 3.63) is 35.0 Å². The molecular formula is C14H14F3NO2. The summed E-state index contributed by atoms with van der Waals surface area (Å²) in [4.78, 5) is 13.6. The van der Waals surface area contributed by atoms with Crippen LogP contribution in [-0.4, -0.2) is 18.1 Å². The zero-order chi connectivity index (χ0) is 14.9. The maximum Gasteiger partial charge on any atom is 0.431 e. The van der Waals surface area contributed by atoms with E-state index in [9.17, 15) is 18.0 Å². The Morgan fingerprint density at radius 2 is 2.05 bits per heavy atom. The van der Waals surface area contributed by atoms with Gasteiger partial charge in [-0.25, -0.2) is 0 Å². The number of halogens is 3. The predicted molar refractivity (Wildman–Crippen MR) is 68.4 cm³/mol. The van der Waals surface area contributed by atoms with Crippen LogP contribution in [0.4, 0.5) is 13.2 Å². The predicted octanol–water partition coefficient (Wildman–Crippen LogP) is 3.60. The van der Waals surface area contributed by atoms with E-state index in [4.69, 9.17) is 0 Å². The van der Waals surface area contributed by atoms with Crippen LogP contribution in [0, 0.1) is 6.92 Å². The summed E-state index contributed by atoms with van der Waals surface area (Å²) in [5, 5.41) is 0.501. The topological polar surface area (TPSA) is 42.1 Å². The van der Waals surface area contributed by atoms with Gasteiger partial charge >= 0.3 is 12.1 Å². The molecule has 0 saturated carbocycles. The molecule has 0 fully saturated rings. The van der Waals surface area contributed by atoms with Crippen LogP contribution in [0.5, 0.6) is 0 Å². The molecule has 1 aromatic heterocycles. The lowest BCUT2D eigenvalue weighted by atomic mass is 10.0. The number of rotatable bonds is 3. The Hall–Kier alpha value is -1.98. The van der Waals surface area contributed by atoms with Crippen molar-refractivity contribution in [3.63, 3.8) is 0 Å². The highest BCUT2D eigenvalue weighted by molar-refractivity contribution is 5.86. The van der Waals surface area contributed by atoms with Gasteiger partial charge in [0, 0.05) is 17.3 Å². The van der Waals surface area contributed by atoms with Gasteiger partial charge in [-0.3, -0.25) is 4.79 Å². The minimum atomic E-state index is -4.47. The SMILES string of the molecule is COC(=O)CCc1c(C(F)(F)F)[nH]c2ccc(C)cc12. The van der Waals surface area contributed by atoms with E-state index >= 15 is 0 Å². The van der Waals surface area contributed by atoms with Gasteiger partial charge < -0.3 is 9.72 Å². The standard InChI is InChI=1S/C14H14F3NO2/c1-8-3-5-11-10(7-8)9(4-6-12(19)20-2)13(18-11)14(15,16)17/h3,5,7,18H,4,6H2,1-2H3. The van der Waals surface area contributed by atoms with Gasteiger partial charge in [-0.15, -0.1) is 0 Å². The van der Waals surface area contributed by atoms with Crippen LogP contribution < -0.4 is 0 Å². The van der Waals surface area contributed by atoms with Crippen molar-refractivity contribution in [1.82, 2.24) is 4.98 Å². The smallest absolute Gasteiger partial charge is 0.431 e. The van der Waals surface area contributed by atoms with E-state index in [1.54, 1.807) is 18.2 Å². The zero-order valence-electron chi connectivity index (χ0n) is 11.1. The summed E-state index contributed by atoms with van der Waals surface area (Å²) >= 11 is 0. The highest BCUT2D eigenvalue weighted by Gasteiger charge is 2.36. The molecule has 2 rings (SSSR count). The summed E-state index contributed by atoms with van der Waals surface area (Å²) < 4.78 is 43.6. The first-order chi connectivity index (χ1) is 9.32. The van der Waals surface area contributed by atoms with Crippen molar-refractivity contribution >= 4 is 16.9 Å². The number of H-pyrrole nitrogens is 1. The number of aromatic amines is 1. The van der Waals surface area contributed by atoms with Gasteiger partial charge in [-0.05, 0) is 31.0 Å². The first-order valence-electron chi connectivity index (χ1n) is 6.08. The van der Waals surface area contributed by atoms with E-state index in [1.165, 1.54) is 7.11 Å². The lowest BCUT2D eigenvalue weighted by Crippen LogP contribution is -2.10. The van der Waals surface area contributed by atoms with Crippen molar-refractivity contribution in [2.24, 2.45) is 0 Å². The molecule has 20 heavy (non-hydrogen) atoms.